The number of phenolic OH excluding ortho intramolecular Hbond substituents is 1. The molecule has 1 aliphatic carbocycles. The number of hydrogen-bond acceptors (Lipinski definition) is 12. The van der Waals surface area contributed by atoms with Crippen molar-refractivity contribution in [2.24, 2.45) is 7.05 Å². The number of nitrogens with one attached hydrogen (secondary N) is 4. The van der Waals surface area contributed by atoms with E-state index in [0.717, 1.165) is 5.56 Å². The van der Waals surface area contributed by atoms with E-state index in [1.54, 1.807) is 101 Å². The van der Waals surface area contributed by atoms with Gasteiger partial charge in [-0.1, -0.05) is 59.8 Å². The van der Waals surface area contributed by atoms with Gasteiger partial charge in [0.1, 0.15) is 28.6 Å². The zero-order valence-corrected chi connectivity index (χ0v) is 39.3. The lowest BCUT2D eigenvalue weighted by atomic mass is 9.90. The quantitative estimate of drug-likeness (QED) is 0.0270. The third-order valence-corrected chi connectivity index (χ3v) is 11.6. The number of nitrogens with zero attached hydrogens (tertiary/aromatic N) is 5. The van der Waals surface area contributed by atoms with Gasteiger partial charge in [0.2, 0.25) is 0 Å². The lowest BCUT2D eigenvalue weighted by molar-refractivity contribution is 0.0697. The van der Waals surface area contributed by atoms with Crippen LogP contribution in [0.3, 0.4) is 0 Å². The van der Waals surface area contributed by atoms with Gasteiger partial charge in [-0.2, -0.15) is 5.10 Å². The number of carbonyl (C=O) groups is 3. The maximum absolute atomic E-state index is 13.4. The summed E-state index contributed by atoms with van der Waals surface area (Å²) in [7, 11) is 1.75. The van der Waals surface area contributed by atoms with Crippen molar-refractivity contribution in [1.82, 2.24) is 30.1 Å². The maximum atomic E-state index is 13.4. The molecule has 3 heterocycles. The molecule has 0 atom stereocenters. The van der Waals surface area contributed by atoms with Crippen molar-refractivity contribution in [3.63, 3.8) is 0 Å². The highest BCUT2D eigenvalue weighted by Gasteiger charge is 2.23. The molecule has 2 aliphatic rings. The molecule has 72 heavy (non-hydrogen) atoms. The molecule has 0 radical (unpaired) electrons. The van der Waals surface area contributed by atoms with E-state index in [-0.39, 0.29) is 58.2 Å². The van der Waals surface area contributed by atoms with Gasteiger partial charge in [-0.3, -0.25) is 19.1 Å². The molecule has 9 rings (SSSR count). The highest BCUT2D eigenvalue weighted by Crippen LogP contribution is 2.42. The number of ether oxygens (including phenoxy) is 2. The molecule has 2 aromatic heterocycles. The Morgan fingerprint density at radius 2 is 1.53 bits per heavy atom. The van der Waals surface area contributed by atoms with Crippen LogP contribution in [-0.4, -0.2) is 77.6 Å². The van der Waals surface area contributed by atoms with E-state index in [1.807, 2.05) is 30.3 Å². The molecule has 7 aromatic rings. The largest absolute Gasteiger partial charge is 0.508 e. The molecule has 6 N–H and O–H groups in total. The average Bonchev–Trinajstić information content (AvgIpc) is 3.99. The third-order valence-electron chi connectivity index (χ3n) is 11.4. The van der Waals surface area contributed by atoms with E-state index in [4.69, 9.17) is 26.1 Å². The van der Waals surface area contributed by atoms with Crippen LogP contribution in [0.1, 0.15) is 42.3 Å². The van der Waals surface area contributed by atoms with Gasteiger partial charge in [0.05, 0.1) is 50.4 Å². The lowest BCUT2D eigenvalue weighted by Gasteiger charge is -2.18. The molecule has 0 saturated heterocycles. The first-order valence-electron chi connectivity index (χ1n) is 22.5. The summed E-state index contributed by atoms with van der Waals surface area (Å²) < 4.78 is 20.9. The Balaban J connectivity index is 0.706. The predicted octanol–water partition coefficient (Wildman–Crippen LogP) is 8.19. The molecule has 5 aromatic carbocycles. The van der Waals surface area contributed by atoms with E-state index in [9.17, 15) is 29.4 Å². The minimum absolute atomic E-state index is 0.0144. The van der Waals surface area contributed by atoms with Crippen molar-refractivity contribution in [1.29, 1.82) is 0 Å². The minimum Gasteiger partial charge on any atom is -0.508 e. The van der Waals surface area contributed by atoms with Gasteiger partial charge in [0.25, 0.3) is 11.8 Å². The van der Waals surface area contributed by atoms with Crippen molar-refractivity contribution in [2.45, 2.75) is 19.8 Å². The van der Waals surface area contributed by atoms with Gasteiger partial charge in [0, 0.05) is 76.4 Å². The third kappa shape index (κ3) is 11.3. The molecule has 2 amide bonds. The smallest absolute Gasteiger partial charge is 0.336 e. The van der Waals surface area contributed by atoms with Crippen LogP contribution in [0, 0.1) is 0 Å². The Morgan fingerprint density at radius 3 is 2.35 bits per heavy atom. The van der Waals surface area contributed by atoms with E-state index in [1.165, 1.54) is 30.3 Å². The van der Waals surface area contributed by atoms with Gasteiger partial charge >= 0.3 is 5.97 Å². The number of hydrogen-bond donors (Lipinski definition) is 6. The SMILES string of the molecule is Cn1nc(-c2ccc(NC(=O)c3ccccc3COCc3cn(CCOCCNC(=S)Nc4ccc(-c5c6ccc(=O)cc-6oc6cc(O)ccc56)c(C(=O)O)c4)nn3)cc2)cc1NC(=O)c1ccccc1. The molecule has 18 nitrogen and oxygen atoms in total. The van der Waals surface area contributed by atoms with Gasteiger partial charge in [0.15, 0.2) is 10.5 Å². The second kappa shape index (κ2) is 21.7. The standard InChI is InChI=1S/C53H45N9O9S/c1-61-48(57-50(65)33-7-3-2-4-8-33)28-45(59-61)32-11-13-35(14-12-32)55-51(66)40-10-6-5-9-34(40)30-70-31-37-29-62(60-58-37)22-24-69-23-21-54-53(72)56-36-15-18-41(44(25-36)52(67)68)49-42-19-16-38(63)26-46(42)71-47-27-39(64)17-20-43(47)49/h2-20,25-29,63H,21-24,30-31H2,1H3,(H,55,66)(H,57,65)(H,67,68)(H2,54,56,72). The number of rotatable bonds is 18. The summed E-state index contributed by atoms with van der Waals surface area (Å²) >= 11 is 5.48. The number of aromatic nitrogens is 5. The van der Waals surface area contributed by atoms with Crippen LogP contribution in [0.5, 0.6) is 5.75 Å². The molecule has 19 heteroatoms. The van der Waals surface area contributed by atoms with Crippen molar-refractivity contribution in [3.05, 3.63) is 184 Å². The highest BCUT2D eigenvalue weighted by atomic mass is 32.1. The Labute approximate surface area is 416 Å². The van der Waals surface area contributed by atoms with Crippen LogP contribution in [0.4, 0.5) is 17.2 Å². The number of thiocarbonyl (C=S) groups is 1. The average molecular weight is 984 g/mol. The second-order valence-electron chi connectivity index (χ2n) is 16.4. The van der Waals surface area contributed by atoms with Gasteiger partial charge in [-0.05, 0) is 90.1 Å². The first kappa shape index (κ1) is 48.0. The van der Waals surface area contributed by atoms with Crippen LogP contribution >= 0.6 is 12.2 Å². The first-order chi connectivity index (χ1) is 34.9. The summed E-state index contributed by atoms with van der Waals surface area (Å²) in [5.74, 6) is -0.940. The van der Waals surface area contributed by atoms with Gasteiger partial charge < -0.3 is 45.4 Å². The van der Waals surface area contributed by atoms with Gasteiger partial charge in [-0.25, -0.2) is 9.48 Å². The number of fused-ring (bicyclic) bond motifs is 2. The van der Waals surface area contributed by atoms with Crippen LogP contribution in [0.15, 0.2) is 155 Å². The summed E-state index contributed by atoms with van der Waals surface area (Å²) in [5, 5.41) is 46.1. The number of amides is 2. The van der Waals surface area contributed by atoms with Crippen molar-refractivity contribution >= 4 is 63.3 Å². The van der Waals surface area contributed by atoms with Gasteiger partial charge in [-0.15, -0.1) is 5.10 Å². The fraction of sp³-hybridized carbons (Fsp3) is 0.132. The Hall–Kier alpha value is -9.04. The predicted molar refractivity (Wildman–Crippen MR) is 274 cm³/mol. The molecule has 1 aliphatic heterocycles. The molecular formula is C53H45N9O9S. The van der Waals surface area contributed by atoms with Crippen LogP contribution in [0.25, 0.3) is 44.7 Å². The summed E-state index contributed by atoms with van der Waals surface area (Å²) in [6, 6.07) is 38.9. The Bertz CT molecular complexity index is 3480. The fourth-order valence-electron chi connectivity index (χ4n) is 7.91. The number of aromatic hydroxyl groups is 1. The maximum Gasteiger partial charge on any atom is 0.336 e. The number of carbonyl (C=O) groups excluding carboxylic acids is 2. The molecule has 0 saturated carbocycles. The molecule has 0 unspecified atom stereocenters. The second-order valence-corrected chi connectivity index (χ2v) is 16.8. The summed E-state index contributed by atoms with van der Waals surface area (Å²) in [4.78, 5) is 50.9. The number of aryl methyl sites for hydroxylation is 1. The van der Waals surface area contributed by atoms with E-state index >= 15 is 0 Å². The van der Waals surface area contributed by atoms with Crippen LogP contribution in [-0.2, 0) is 36.3 Å². The number of carboxylic acid groups (broad SMARTS) is 1. The fourth-order valence-corrected chi connectivity index (χ4v) is 8.13. The topological polar surface area (TPSA) is 237 Å². The molecule has 0 spiro atoms. The lowest BCUT2D eigenvalue weighted by Crippen LogP contribution is -2.31. The van der Waals surface area contributed by atoms with E-state index in [2.05, 4.69) is 36.7 Å². The zero-order valence-electron chi connectivity index (χ0n) is 38.5. The first-order valence-corrected chi connectivity index (χ1v) is 22.9. The van der Waals surface area contributed by atoms with E-state index < -0.39 is 5.97 Å². The summed E-state index contributed by atoms with van der Waals surface area (Å²) in [6.07, 6.45) is 1.76. The zero-order chi connectivity index (χ0) is 50.1. The summed E-state index contributed by atoms with van der Waals surface area (Å²) in [6.45, 7) is 1.77. The highest BCUT2D eigenvalue weighted by molar-refractivity contribution is 7.80. The molecular weight excluding hydrogens is 939 g/mol. The minimum atomic E-state index is -1.18. The Morgan fingerprint density at radius 1 is 0.750 bits per heavy atom. The monoisotopic (exact) mass is 983 g/mol. The van der Waals surface area contributed by atoms with Crippen molar-refractivity contribution < 1.29 is 38.5 Å². The van der Waals surface area contributed by atoms with Crippen LogP contribution in [0.2, 0.25) is 0 Å². The molecule has 0 fully saturated rings. The normalized spacial score (nSPS) is 11.1. The van der Waals surface area contributed by atoms with Crippen LogP contribution < -0.4 is 26.7 Å². The summed E-state index contributed by atoms with van der Waals surface area (Å²) in [5.41, 5.74) is 6.28. The number of phenols is 1. The Kier molecular flexibility index (Phi) is 14.5. The number of anilines is 3. The van der Waals surface area contributed by atoms with Crippen molar-refractivity contribution in [3.8, 4) is 39.5 Å². The molecule has 362 valence electrons. The number of benzene rings is 6. The number of carboxylic acids is 1. The van der Waals surface area contributed by atoms with E-state index in [0.29, 0.717) is 93.7 Å². The van der Waals surface area contributed by atoms with Crippen molar-refractivity contribution in [2.75, 3.05) is 35.7 Å². The molecule has 0 bridgehead atoms. The number of aromatic carboxylic acids is 1.